The van der Waals surface area contributed by atoms with E-state index in [2.05, 4.69) is 10.2 Å². The summed E-state index contributed by atoms with van der Waals surface area (Å²) in [5.74, 6) is -0.133. The molecule has 8 nitrogen and oxygen atoms in total. The molecule has 1 saturated heterocycles. The number of hydrogen-bond acceptors (Lipinski definition) is 7. The van der Waals surface area contributed by atoms with Gasteiger partial charge in [-0.1, -0.05) is 11.6 Å². The van der Waals surface area contributed by atoms with Crippen LogP contribution in [0.2, 0.25) is 5.02 Å². The van der Waals surface area contributed by atoms with E-state index < -0.39 is 10.0 Å². The maximum Gasteiger partial charge on any atom is 0.309 e. The Bertz CT molecular complexity index is 890. The molecule has 1 aliphatic rings. The van der Waals surface area contributed by atoms with Crippen LogP contribution in [0, 0.1) is 5.92 Å². The molecule has 1 aliphatic heterocycles. The summed E-state index contributed by atoms with van der Waals surface area (Å²) in [5.41, 5.74) is 0.717. The summed E-state index contributed by atoms with van der Waals surface area (Å²) in [4.78, 5) is 12.2. The van der Waals surface area contributed by atoms with E-state index >= 15 is 0 Å². The van der Waals surface area contributed by atoms with Crippen molar-refractivity contribution in [3.63, 3.8) is 0 Å². The molecule has 0 N–H and O–H groups in total. The van der Waals surface area contributed by atoms with Crippen molar-refractivity contribution in [2.45, 2.75) is 26.4 Å². The van der Waals surface area contributed by atoms with Gasteiger partial charge in [-0.25, -0.2) is 12.7 Å². The van der Waals surface area contributed by atoms with Gasteiger partial charge in [0.25, 0.3) is 5.89 Å². The van der Waals surface area contributed by atoms with Crippen LogP contribution in [0.4, 0.5) is 0 Å². The van der Waals surface area contributed by atoms with E-state index in [1.807, 2.05) is 0 Å². The first-order valence-corrected chi connectivity index (χ1v) is 10.6. The van der Waals surface area contributed by atoms with Crippen LogP contribution in [0.3, 0.4) is 0 Å². The summed E-state index contributed by atoms with van der Waals surface area (Å²) in [6.07, 6.45) is 0.885. The molecule has 1 fully saturated rings. The van der Waals surface area contributed by atoms with E-state index in [-0.39, 0.29) is 30.1 Å². The zero-order chi connectivity index (χ0) is 19.4. The van der Waals surface area contributed by atoms with Gasteiger partial charge in [0, 0.05) is 23.7 Å². The van der Waals surface area contributed by atoms with Crippen molar-refractivity contribution in [2.75, 3.05) is 18.8 Å². The van der Waals surface area contributed by atoms with Gasteiger partial charge in [-0.3, -0.25) is 4.79 Å². The fourth-order valence-corrected chi connectivity index (χ4v) is 4.08. The Morgan fingerprint density at radius 3 is 2.56 bits per heavy atom. The van der Waals surface area contributed by atoms with E-state index in [0.29, 0.717) is 42.4 Å². The lowest BCUT2D eigenvalue weighted by Crippen LogP contribution is -2.41. The predicted octanol–water partition coefficient (Wildman–Crippen LogP) is 2.49. The van der Waals surface area contributed by atoms with Gasteiger partial charge >= 0.3 is 5.97 Å². The summed E-state index contributed by atoms with van der Waals surface area (Å²) < 4.78 is 35.9. The maximum atomic E-state index is 12.2. The number of hydrogen-bond donors (Lipinski definition) is 0. The zero-order valence-corrected chi connectivity index (χ0v) is 16.4. The minimum absolute atomic E-state index is 0.0647. The molecule has 27 heavy (non-hydrogen) atoms. The second-order valence-corrected chi connectivity index (χ2v) is 8.88. The quantitative estimate of drug-likeness (QED) is 0.670. The van der Waals surface area contributed by atoms with Crippen molar-refractivity contribution in [3.8, 4) is 11.5 Å². The van der Waals surface area contributed by atoms with Gasteiger partial charge in [-0.05, 0) is 44.0 Å². The number of carbonyl (C=O) groups excluding carboxylic acids is 1. The lowest BCUT2D eigenvalue weighted by atomic mass is 9.98. The van der Waals surface area contributed by atoms with Gasteiger partial charge in [0.2, 0.25) is 15.9 Å². The molecule has 2 aromatic rings. The fourth-order valence-electron chi connectivity index (χ4n) is 2.82. The molecule has 0 atom stereocenters. The summed E-state index contributed by atoms with van der Waals surface area (Å²) in [6.45, 7) is 2.15. The number of ether oxygens (including phenoxy) is 1. The molecule has 0 bridgehead atoms. The van der Waals surface area contributed by atoms with Gasteiger partial charge in [-0.2, -0.15) is 0 Å². The number of rotatable bonds is 6. The van der Waals surface area contributed by atoms with E-state index in [1.54, 1.807) is 31.2 Å². The molecule has 1 aromatic heterocycles. The molecule has 2 heterocycles. The van der Waals surface area contributed by atoms with Crippen LogP contribution in [0.1, 0.15) is 25.7 Å². The SMILES string of the molecule is CCS(=O)(=O)N1CCC(C(=O)OCc2nnc(-c3ccc(Cl)cc3)o2)CC1. The maximum absolute atomic E-state index is 12.2. The first-order valence-electron chi connectivity index (χ1n) is 8.62. The Morgan fingerprint density at radius 1 is 1.26 bits per heavy atom. The fraction of sp³-hybridized carbons (Fsp3) is 0.471. The first-order chi connectivity index (χ1) is 12.9. The van der Waals surface area contributed by atoms with E-state index in [9.17, 15) is 13.2 Å². The number of esters is 1. The smallest absolute Gasteiger partial charge is 0.309 e. The predicted molar refractivity (Wildman–Crippen MR) is 98.3 cm³/mol. The van der Waals surface area contributed by atoms with Crippen molar-refractivity contribution >= 4 is 27.6 Å². The van der Waals surface area contributed by atoms with Crippen LogP contribution < -0.4 is 0 Å². The number of carbonyl (C=O) groups is 1. The molecule has 0 radical (unpaired) electrons. The highest BCUT2D eigenvalue weighted by Crippen LogP contribution is 2.23. The highest BCUT2D eigenvalue weighted by molar-refractivity contribution is 7.89. The van der Waals surface area contributed by atoms with Gasteiger partial charge in [-0.15, -0.1) is 10.2 Å². The molecule has 0 amide bonds. The molecule has 10 heteroatoms. The van der Waals surface area contributed by atoms with Gasteiger partial charge in [0.05, 0.1) is 11.7 Å². The van der Waals surface area contributed by atoms with Crippen LogP contribution in [0.15, 0.2) is 28.7 Å². The van der Waals surface area contributed by atoms with Gasteiger partial charge in [0.1, 0.15) is 0 Å². The summed E-state index contributed by atoms with van der Waals surface area (Å²) >= 11 is 5.84. The van der Waals surface area contributed by atoms with Crippen molar-refractivity contribution in [1.29, 1.82) is 0 Å². The standard InChI is InChI=1S/C17H20ClN3O5S/c1-2-27(23,24)21-9-7-13(8-10-21)17(22)25-11-15-19-20-16(26-15)12-3-5-14(18)6-4-12/h3-6,13H,2,7-11H2,1H3. The lowest BCUT2D eigenvalue weighted by Gasteiger charge is -2.29. The third-order valence-electron chi connectivity index (χ3n) is 4.44. The number of halogens is 1. The lowest BCUT2D eigenvalue weighted by molar-refractivity contribution is -0.151. The molecular weight excluding hydrogens is 394 g/mol. The highest BCUT2D eigenvalue weighted by atomic mass is 35.5. The highest BCUT2D eigenvalue weighted by Gasteiger charge is 2.31. The number of aromatic nitrogens is 2. The van der Waals surface area contributed by atoms with Crippen molar-refractivity contribution < 1.29 is 22.4 Å². The number of piperidine rings is 1. The molecule has 0 unspecified atom stereocenters. The molecule has 0 aliphatic carbocycles. The van der Waals surface area contributed by atoms with Crippen LogP contribution in [0.25, 0.3) is 11.5 Å². The van der Waals surface area contributed by atoms with Crippen LogP contribution >= 0.6 is 11.6 Å². The minimum Gasteiger partial charge on any atom is -0.455 e. The average Bonchev–Trinajstić information content (AvgIpc) is 3.16. The zero-order valence-electron chi connectivity index (χ0n) is 14.8. The van der Waals surface area contributed by atoms with Gasteiger partial charge in [0.15, 0.2) is 6.61 Å². The second-order valence-electron chi connectivity index (χ2n) is 6.19. The van der Waals surface area contributed by atoms with E-state index in [1.165, 1.54) is 4.31 Å². The molecule has 146 valence electrons. The largest absolute Gasteiger partial charge is 0.455 e. The minimum atomic E-state index is -3.21. The number of nitrogens with zero attached hydrogens (tertiary/aromatic N) is 3. The van der Waals surface area contributed by atoms with Gasteiger partial charge < -0.3 is 9.15 Å². The summed E-state index contributed by atoms with van der Waals surface area (Å²) in [7, 11) is -3.21. The summed E-state index contributed by atoms with van der Waals surface area (Å²) in [5, 5.41) is 8.40. The average molecular weight is 414 g/mol. The molecular formula is C17H20ClN3O5S. The number of benzene rings is 1. The molecule has 0 saturated carbocycles. The molecule has 1 aromatic carbocycles. The van der Waals surface area contributed by atoms with E-state index in [4.69, 9.17) is 20.8 Å². The Balaban J connectivity index is 1.51. The van der Waals surface area contributed by atoms with E-state index in [0.717, 1.165) is 0 Å². The Hall–Kier alpha value is -1.97. The first kappa shape index (κ1) is 19.8. The Labute approximate surface area is 162 Å². The van der Waals surface area contributed by atoms with Crippen molar-refractivity contribution in [1.82, 2.24) is 14.5 Å². The molecule has 3 rings (SSSR count). The topological polar surface area (TPSA) is 103 Å². The second kappa shape index (κ2) is 8.37. The Kier molecular flexibility index (Phi) is 6.13. The third kappa shape index (κ3) is 4.85. The monoisotopic (exact) mass is 413 g/mol. The van der Waals surface area contributed by atoms with Crippen LogP contribution in [-0.4, -0.2) is 47.7 Å². The third-order valence-corrected chi connectivity index (χ3v) is 6.57. The van der Waals surface area contributed by atoms with Crippen LogP contribution in [0.5, 0.6) is 0 Å². The van der Waals surface area contributed by atoms with Crippen molar-refractivity contribution in [3.05, 3.63) is 35.2 Å². The Morgan fingerprint density at radius 2 is 1.93 bits per heavy atom. The summed E-state index contributed by atoms with van der Waals surface area (Å²) in [6, 6.07) is 6.94. The normalized spacial score (nSPS) is 16.4. The molecule has 0 spiro atoms. The number of sulfonamides is 1. The van der Waals surface area contributed by atoms with Crippen LogP contribution in [-0.2, 0) is 26.2 Å². The van der Waals surface area contributed by atoms with Crippen molar-refractivity contribution in [2.24, 2.45) is 5.92 Å².